The molecule has 3 aliphatic rings. The Bertz CT molecular complexity index is 865. The highest BCUT2D eigenvalue weighted by Gasteiger charge is 2.30. The van der Waals surface area contributed by atoms with Crippen molar-refractivity contribution in [2.75, 3.05) is 44.2 Å². The van der Waals surface area contributed by atoms with Crippen molar-refractivity contribution >= 4 is 17.6 Å². The quantitative estimate of drug-likeness (QED) is 0.748. The molecule has 160 valence electrons. The van der Waals surface area contributed by atoms with Gasteiger partial charge in [-0.15, -0.1) is 0 Å². The van der Waals surface area contributed by atoms with Gasteiger partial charge in [0.25, 0.3) is 0 Å². The van der Waals surface area contributed by atoms with E-state index in [1.165, 1.54) is 5.56 Å². The Labute approximate surface area is 177 Å². The molecular weight excluding hydrogens is 382 g/mol. The molecule has 2 aliphatic heterocycles. The van der Waals surface area contributed by atoms with Gasteiger partial charge in [-0.2, -0.15) is 5.26 Å². The van der Waals surface area contributed by atoms with Crippen LogP contribution in [0.15, 0.2) is 0 Å². The summed E-state index contributed by atoms with van der Waals surface area (Å²) < 4.78 is 5.48. The van der Waals surface area contributed by atoms with E-state index in [1.807, 2.05) is 6.92 Å². The number of piperazine rings is 1. The smallest absolute Gasteiger partial charge is 0.312 e. The number of nitrogens with zero attached hydrogens (tertiary/aromatic N) is 4. The summed E-state index contributed by atoms with van der Waals surface area (Å²) in [6.07, 6.45) is 6.10. The number of carbonyl (C=O) groups is 2. The maximum atomic E-state index is 12.5. The fraction of sp³-hybridized carbons (Fsp3) is 0.636. The number of amides is 2. The van der Waals surface area contributed by atoms with Crippen LogP contribution in [0.3, 0.4) is 0 Å². The third kappa shape index (κ3) is 4.12. The van der Waals surface area contributed by atoms with Gasteiger partial charge in [-0.25, -0.2) is 4.98 Å². The molecule has 3 heterocycles. The normalized spacial score (nSPS) is 21.1. The number of hydrogen-bond donors (Lipinski definition) is 1. The monoisotopic (exact) mass is 411 g/mol. The molecular formula is C22H29N5O3. The van der Waals surface area contributed by atoms with Gasteiger partial charge in [-0.1, -0.05) is 0 Å². The molecule has 4 rings (SSSR count). The Balaban J connectivity index is 1.38. The molecule has 1 atom stereocenters. The van der Waals surface area contributed by atoms with E-state index in [0.29, 0.717) is 38.3 Å². The van der Waals surface area contributed by atoms with Crippen molar-refractivity contribution in [2.45, 2.75) is 51.6 Å². The van der Waals surface area contributed by atoms with Crippen LogP contribution in [0.25, 0.3) is 0 Å². The lowest BCUT2D eigenvalue weighted by Gasteiger charge is -2.36. The third-order valence-electron chi connectivity index (χ3n) is 6.39. The Hall–Kier alpha value is -2.66. The molecule has 1 aromatic rings. The van der Waals surface area contributed by atoms with E-state index in [4.69, 9.17) is 9.72 Å². The summed E-state index contributed by atoms with van der Waals surface area (Å²) in [4.78, 5) is 33.2. The van der Waals surface area contributed by atoms with E-state index >= 15 is 0 Å². The highest BCUT2D eigenvalue weighted by molar-refractivity contribution is 6.35. The van der Waals surface area contributed by atoms with Crippen LogP contribution < -0.4 is 10.2 Å². The highest BCUT2D eigenvalue weighted by Crippen LogP contribution is 2.32. The first-order chi connectivity index (χ1) is 14.6. The second-order valence-corrected chi connectivity index (χ2v) is 8.30. The minimum Gasteiger partial charge on any atom is -0.376 e. The fourth-order valence-electron chi connectivity index (χ4n) is 4.70. The van der Waals surface area contributed by atoms with Gasteiger partial charge in [-0.05, 0) is 56.6 Å². The molecule has 1 N–H and O–H groups in total. The SMILES string of the molecule is Cc1nc(N2CCN(C(=O)C(=O)NCC3CCCO3)CC2)c(C#N)c2c1CCCC2. The molecule has 30 heavy (non-hydrogen) atoms. The van der Waals surface area contributed by atoms with Gasteiger partial charge in [0.05, 0.1) is 11.7 Å². The number of hydrogen-bond acceptors (Lipinski definition) is 6. The highest BCUT2D eigenvalue weighted by atomic mass is 16.5. The molecule has 1 aromatic heterocycles. The van der Waals surface area contributed by atoms with Gasteiger partial charge in [0, 0.05) is 45.0 Å². The summed E-state index contributed by atoms with van der Waals surface area (Å²) in [6, 6.07) is 2.38. The predicted octanol–water partition coefficient (Wildman–Crippen LogP) is 1.08. The van der Waals surface area contributed by atoms with Crippen LogP contribution in [0.2, 0.25) is 0 Å². The van der Waals surface area contributed by atoms with Crippen LogP contribution in [0, 0.1) is 18.3 Å². The molecule has 0 spiro atoms. The molecule has 2 saturated heterocycles. The Morgan fingerprint density at radius 2 is 1.90 bits per heavy atom. The number of aromatic nitrogens is 1. The van der Waals surface area contributed by atoms with E-state index in [9.17, 15) is 14.9 Å². The molecule has 0 aromatic carbocycles. The summed E-state index contributed by atoms with van der Waals surface area (Å²) in [5.41, 5.74) is 4.08. The lowest BCUT2D eigenvalue weighted by molar-refractivity contribution is -0.146. The van der Waals surface area contributed by atoms with E-state index < -0.39 is 11.8 Å². The Kier molecular flexibility index (Phi) is 6.18. The largest absolute Gasteiger partial charge is 0.376 e. The predicted molar refractivity (Wildman–Crippen MR) is 111 cm³/mol. The van der Waals surface area contributed by atoms with Gasteiger partial charge in [0.1, 0.15) is 11.9 Å². The molecule has 2 fully saturated rings. The van der Waals surface area contributed by atoms with Crippen LogP contribution in [0.1, 0.15) is 48.1 Å². The Morgan fingerprint density at radius 3 is 2.57 bits per heavy atom. The number of nitriles is 1. The Morgan fingerprint density at radius 1 is 1.17 bits per heavy atom. The number of rotatable bonds is 3. The number of ether oxygens (including phenoxy) is 1. The lowest BCUT2D eigenvalue weighted by atomic mass is 9.88. The van der Waals surface area contributed by atoms with Gasteiger partial charge in [0.2, 0.25) is 0 Å². The summed E-state index contributed by atoms with van der Waals surface area (Å²) >= 11 is 0. The van der Waals surface area contributed by atoms with Crippen molar-refractivity contribution in [2.24, 2.45) is 0 Å². The number of aryl methyl sites for hydroxylation is 1. The minimum atomic E-state index is -0.570. The van der Waals surface area contributed by atoms with Crippen molar-refractivity contribution in [3.63, 3.8) is 0 Å². The van der Waals surface area contributed by atoms with Gasteiger partial charge >= 0.3 is 11.8 Å². The number of pyridine rings is 1. The first kappa shape index (κ1) is 20.6. The van der Waals surface area contributed by atoms with Crippen molar-refractivity contribution in [1.29, 1.82) is 5.26 Å². The third-order valence-corrected chi connectivity index (χ3v) is 6.39. The fourth-order valence-corrected chi connectivity index (χ4v) is 4.70. The van der Waals surface area contributed by atoms with E-state index in [-0.39, 0.29) is 6.10 Å². The van der Waals surface area contributed by atoms with Crippen LogP contribution in [0.4, 0.5) is 5.82 Å². The average molecular weight is 412 g/mol. The molecule has 0 bridgehead atoms. The number of fused-ring (bicyclic) bond motifs is 1. The number of anilines is 1. The van der Waals surface area contributed by atoms with Crippen molar-refractivity contribution < 1.29 is 14.3 Å². The van der Waals surface area contributed by atoms with Gasteiger partial charge < -0.3 is 19.9 Å². The average Bonchev–Trinajstić information content (AvgIpc) is 3.31. The molecule has 0 radical (unpaired) electrons. The topological polar surface area (TPSA) is 98.6 Å². The second-order valence-electron chi connectivity index (χ2n) is 8.30. The van der Waals surface area contributed by atoms with Crippen molar-refractivity contribution in [3.05, 3.63) is 22.4 Å². The standard InChI is InChI=1S/C22H29N5O3/c1-15-17-6-2-3-7-18(17)19(13-23)20(25-15)26-8-10-27(11-9-26)22(29)21(28)24-14-16-5-4-12-30-16/h16H,2-12,14H2,1H3,(H,24,28). The molecule has 8 nitrogen and oxygen atoms in total. The first-order valence-electron chi connectivity index (χ1n) is 10.9. The second kappa shape index (κ2) is 9.00. The zero-order chi connectivity index (χ0) is 21.1. The summed E-state index contributed by atoms with van der Waals surface area (Å²) in [5, 5.41) is 12.5. The maximum absolute atomic E-state index is 12.5. The number of carbonyl (C=O) groups excluding carboxylic acids is 2. The zero-order valence-electron chi connectivity index (χ0n) is 17.6. The van der Waals surface area contributed by atoms with Gasteiger partial charge in [-0.3, -0.25) is 9.59 Å². The molecule has 1 unspecified atom stereocenters. The molecule has 2 amide bonds. The maximum Gasteiger partial charge on any atom is 0.312 e. The van der Waals surface area contributed by atoms with Gasteiger partial charge in [0.15, 0.2) is 0 Å². The molecule has 0 saturated carbocycles. The summed E-state index contributed by atoms with van der Waals surface area (Å²) in [7, 11) is 0. The van der Waals surface area contributed by atoms with E-state index in [2.05, 4.69) is 16.3 Å². The first-order valence-corrected chi connectivity index (χ1v) is 10.9. The molecule has 1 aliphatic carbocycles. The van der Waals surface area contributed by atoms with Crippen LogP contribution in [-0.4, -0.2) is 67.1 Å². The lowest BCUT2D eigenvalue weighted by Crippen LogP contribution is -2.53. The number of nitrogens with one attached hydrogen (secondary N) is 1. The minimum absolute atomic E-state index is 0.0151. The van der Waals surface area contributed by atoms with Crippen LogP contribution in [0.5, 0.6) is 0 Å². The molecule has 8 heteroatoms. The zero-order valence-corrected chi connectivity index (χ0v) is 17.6. The van der Waals surface area contributed by atoms with Crippen LogP contribution in [-0.2, 0) is 27.2 Å². The van der Waals surface area contributed by atoms with Crippen molar-refractivity contribution in [1.82, 2.24) is 15.2 Å². The van der Waals surface area contributed by atoms with E-state index in [1.54, 1.807) is 4.90 Å². The summed E-state index contributed by atoms with van der Waals surface area (Å²) in [5.74, 6) is -0.340. The summed E-state index contributed by atoms with van der Waals surface area (Å²) in [6.45, 7) is 5.12. The van der Waals surface area contributed by atoms with Crippen molar-refractivity contribution in [3.8, 4) is 6.07 Å². The van der Waals surface area contributed by atoms with E-state index in [0.717, 1.165) is 62.2 Å². The van der Waals surface area contributed by atoms with Crippen LogP contribution >= 0.6 is 0 Å².